The van der Waals surface area contributed by atoms with Crippen molar-refractivity contribution in [3.63, 3.8) is 0 Å². The molecule has 7 heteroatoms. The average molecular weight is 340 g/mol. The first-order valence-electron chi connectivity index (χ1n) is 5.51. The molecule has 0 saturated heterocycles. The van der Waals surface area contributed by atoms with E-state index >= 15 is 0 Å². The van der Waals surface area contributed by atoms with Gasteiger partial charge in [-0.3, -0.25) is 4.79 Å². The number of alkyl halides is 3. The summed E-state index contributed by atoms with van der Waals surface area (Å²) in [5, 5.41) is 2.61. The predicted molar refractivity (Wildman–Crippen MR) is 67.8 cm³/mol. The lowest BCUT2D eigenvalue weighted by atomic mass is 10.1. The summed E-state index contributed by atoms with van der Waals surface area (Å²) >= 11 is 3.06. The van der Waals surface area contributed by atoms with Crippen molar-refractivity contribution >= 4 is 21.8 Å². The second-order valence-corrected chi connectivity index (χ2v) is 5.11. The van der Waals surface area contributed by atoms with E-state index < -0.39 is 6.36 Å². The number of nitrogens with one attached hydrogen (secondary N) is 1. The summed E-state index contributed by atoms with van der Waals surface area (Å²) in [5.41, 5.74) is 0.179. The Morgan fingerprint density at radius 3 is 2.58 bits per heavy atom. The van der Waals surface area contributed by atoms with Gasteiger partial charge in [-0.25, -0.2) is 0 Å². The van der Waals surface area contributed by atoms with Crippen LogP contribution in [0.25, 0.3) is 0 Å². The molecule has 0 aliphatic rings. The molecule has 0 radical (unpaired) electrons. The third-order valence-electron chi connectivity index (χ3n) is 2.06. The van der Waals surface area contributed by atoms with E-state index in [1.54, 1.807) is 19.9 Å². The molecule has 1 N–H and O–H groups in total. The molecule has 1 amide bonds. The largest absolute Gasteiger partial charge is 0.573 e. The Labute approximate surface area is 117 Å². The fourth-order valence-electron chi connectivity index (χ4n) is 1.44. The highest BCUT2D eigenvalue weighted by Crippen LogP contribution is 2.29. The van der Waals surface area contributed by atoms with Gasteiger partial charge in [0.15, 0.2) is 0 Å². The van der Waals surface area contributed by atoms with Crippen LogP contribution < -0.4 is 10.1 Å². The first-order valence-corrected chi connectivity index (χ1v) is 6.30. The zero-order chi connectivity index (χ0) is 14.6. The van der Waals surface area contributed by atoms with Gasteiger partial charge in [-0.1, -0.05) is 22.0 Å². The van der Waals surface area contributed by atoms with Crippen molar-refractivity contribution in [1.82, 2.24) is 5.32 Å². The lowest BCUT2D eigenvalue weighted by Gasteiger charge is -2.14. The normalized spacial score (nSPS) is 11.5. The second kappa shape index (κ2) is 6.27. The number of halogens is 4. The number of carbonyl (C=O) groups excluding carboxylic acids is 1. The number of amides is 1. The van der Waals surface area contributed by atoms with Crippen LogP contribution in [-0.2, 0) is 11.2 Å². The van der Waals surface area contributed by atoms with Crippen molar-refractivity contribution in [2.75, 3.05) is 0 Å². The van der Waals surface area contributed by atoms with Crippen LogP contribution in [0.2, 0.25) is 0 Å². The van der Waals surface area contributed by atoms with Crippen LogP contribution in [0.1, 0.15) is 19.4 Å². The van der Waals surface area contributed by atoms with Gasteiger partial charge in [0, 0.05) is 16.1 Å². The minimum absolute atomic E-state index is 0.0741. The van der Waals surface area contributed by atoms with Crippen molar-refractivity contribution in [2.24, 2.45) is 0 Å². The maximum Gasteiger partial charge on any atom is 0.573 e. The summed E-state index contributed by atoms with van der Waals surface area (Å²) in [7, 11) is 0. The highest BCUT2D eigenvalue weighted by atomic mass is 79.9. The molecule has 0 saturated carbocycles. The number of hydrogen-bond acceptors (Lipinski definition) is 2. The smallest absolute Gasteiger partial charge is 0.405 e. The van der Waals surface area contributed by atoms with Gasteiger partial charge in [0.25, 0.3) is 0 Å². The van der Waals surface area contributed by atoms with E-state index in [0.29, 0.717) is 4.47 Å². The second-order valence-electron chi connectivity index (χ2n) is 4.20. The highest BCUT2D eigenvalue weighted by Gasteiger charge is 2.32. The molecule has 0 atom stereocenters. The van der Waals surface area contributed by atoms with Gasteiger partial charge in [-0.15, -0.1) is 13.2 Å². The van der Waals surface area contributed by atoms with Gasteiger partial charge < -0.3 is 10.1 Å². The van der Waals surface area contributed by atoms with Crippen LogP contribution in [0.5, 0.6) is 5.75 Å². The molecule has 3 nitrogen and oxygen atoms in total. The Bertz CT molecular complexity index is 461. The van der Waals surface area contributed by atoms with Gasteiger partial charge in [0.05, 0.1) is 6.42 Å². The molecule has 0 aliphatic carbocycles. The lowest BCUT2D eigenvalue weighted by Crippen LogP contribution is -2.31. The maximum absolute atomic E-state index is 12.3. The van der Waals surface area contributed by atoms with Crippen molar-refractivity contribution in [2.45, 2.75) is 32.7 Å². The van der Waals surface area contributed by atoms with Crippen LogP contribution in [0.3, 0.4) is 0 Å². The average Bonchev–Trinajstić information content (AvgIpc) is 2.18. The molecule has 0 aromatic heterocycles. The van der Waals surface area contributed by atoms with Gasteiger partial charge in [0.2, 0.25) is 5.91 Å². The quantitative estimate of drug-likeness (QED) is 0.912. The van der Waals surface area contributed by atoms with Crippen LogP contribution in [0, 0.1) is 0 Å². The molecule has 19 heavy (non-hydrogen) atoms. The molecular weight excluding hydrogens is 327 g/mol. The topological polar surface area (TPSA) is 38.3 Å². The van der Waals surface area contributed by atoms with E-state index in [1.165, 1.54) is 12.1 Å². The van der Waals surface area contributed by atoms with Crippen LogP contribution in [0.15, 0.2) is 22.7 Å². The van der Waals surface area contributed by atoms with E-state index in [0.717, 1.165) is 0 Å². The van der Waals surface area contributed by atoms with Gasteiger partial charge in [0.1, 0.15) is 5.75 Å². The minimum Gasteiger partial charge on any atom is -0.405 e. The van der Waals surface area contributed by atoms with Crippen molar-refractivity contribution in [1.29, 1.82) is 0 Å². The van der Waals surface area contributed by atoms with Crippen molar-refractivity contribution < 1.29 is 22.7 Å². The first-order chi connectivity index (χ1) is 8.67. The number of rotatable bonds is 4. The summed E-state index contributed by atoms with van der Waals surface area (Å²) in [6, 6.07) is 4.09. The summed E-state index contributed by atoms with van der Waals surface area (Å²) in [5.74, 6) is -0.731. The summed E-state index contributed by atoms with van der Waals surface area (Å²) < 4.78 is 41.1. The number of hydrogen-bond donors (Lipinski definition) is 1. The SMILES string of the molecule is CC(C)NC(=O)Cc1ccc(Br)cc1OC(F)(F)F. The number of carbonyl (C=O) groups is 1. The summed E-state index contributed by atoms with van der Waals surface area (Å²) in [6.45, 7) is 3.54. The Balaban J connectivity index is 2.90. The fourth-order valence-corrected chi connectivity index (χ4v) is 1.78. The van der Waals surface area contributed by atoms with E-state index in [2.05, 4.69) is 26.0 Å². The molecule has 1 aromatic carbocycles. The van der Waals surface area contributed by atoms with Crippen molar-refractivity contribution in [3.05, 3.63) is 28.2 Å². The standard InChI is InChI=1S/C12H13BrF3NO2/c1-7(2)17-11(18)5-8-3-4-9(13)6-10(8)19-12(14,15)16/h3-4,6-7H,5H2,1-2H3,(H,17,18). The first kappa shape index (κ1) is 15.8. The van der Waals surface area contributed by atoms with E-state index in [9.17, 15) is 18.0 Å². The summed E-state index contributed by atoms with van der Waals surface area (Å²) in [4.78, 5) is 11.6. The zero-order valence-corrected chi connectivity index (χ0v) is 11.9. The fraction of sp³-hybridized carbons (Fsp3) is 0.417. The minimum atomic E-state index is -4.79. The number of ether oxygens (including phenoxy) is 1. The van der Waals surface area contributed by atoms with E-state index in [-0.39, 0.29) is 29.7 Å². The Morgan fingerprint density at radius 1 is 1.42 bits per heavy atom. The molecule has 0 aliphatic heterocycles. The molecule has 1 rings (SSSR count). The lowest BCUT2D eigenvalue weighted by molar-refractivity contribution is -0.274. The molecule has 0 bridgehead atoms. The van der Waals surface area contributed by atoms with Crippen LogP contribution in [0.4, 0.5) is 13.2 Å². The molecule has 0 fully saturated rings. The van der Waals surface area contributed by atoms with Gasteiger partial charge in [-0.05, 0) is 26.0 Å². The van der Waals surface area contributed by atoms with Crippen molar-refractivity contribution in [3.8, 4) is 5.75 Å². The maximum atomic E-state index is 12.3. The molecule has 1 aromatic rings. The number of benzene rings is 1. The Hall–Kier alpha value is -1.24. The highest BCUT2D eigenvalue weighted by molar-refractivity contribution is 9.10. The molecule has 0 spiro atoms. The van der Waals surface area contributed by atoms with Gasteiger partial charge >= 0.3 is 6.36 Å². The monoisotopic (exact) mass is 339 g/mol. The van der Waals surface area contributed by atoms with E-state index in [4.69, 9.17) is 0 Å². The van der Waals surface area contributed by atoms with Gasteiger partial charge in [-0.2, -0.15) is 0 Å². The molecule has 0 unspecified atom stereocenters. The third kappa shape index (κ3) is 5.96. The van der Waals surface area contributed by atoms with Crippen LogP contribution >= 0.6 is 15.9 Å². The molecule has 106 valence electrons. The Kier molecular flexibility index (Phi) is 5.22. The summed E-state index contributed by atoms with van der Waals surface area (Å²) in [6.07, 6.45) is -4.96. The zero-order valence-electron chi connectivity index (χ0n) is 10.3. The third-order valence-corrected chi connectivity index (χ3v) is 2.55. The predicted octanol–water partition coefficient (Wildman–Crippen LogP) is 3.41. The van der Waals surface area contributed by atoms with E-state index in [1.807, 2.05) is 0 Å². The Morgan fingerprint density at radius 2 is 2.05 bits per heavy atom. The molecule has 0 heterocycles. The van der Waals surface area contributed by atoms with Crippen LogP contribution in [-0.4, -0.2) is 18.3 Å². The molecular formula is C12H13BrF3NO2.